The first kappa shape index (κ1) is 24.0. The highest BCUT2D eigenvalue weighted by atomic mass is 32.2. The Hall–Kier alpha value is -2.39. The van der Waals surface area contributed by atoms with Gasteiger partial charge in [-0.15, -0.1) is 0 Å². The number of likely N-dealkylation sites (tertiary alicyclic amines) is 1. The van der Waals surface area contributed by atoms with E-state index in [1.54, 1.807) is 6.20 Å². The summed E-state index contributed by atoms with van der Waals surface area (Å²) in [6, 6.07) is 17.1. The van der Waals surface area contributed by atoms with E-state index in [4.69, 9.17) is 4.74 Å². The Morgan fingerprint density at radius 3 is 2.78 bits per heavy atom. The zero-order valence-electron chi connectivity index (χ0n) is 20.5. The van der Waals surface area contributed by atoms with Crippen LogP contribution in [0, 0.1) is 5.92 Å². The molecule has 8 heteroatoms. The van der Waals surface area contributed by atoms with Gasteiger partial charge in [-0.05, 0) is 80.9 Å². The molecule has 1 atom stereocenters. The number of hydrogen-bond donors (Lipinski definition) is 2. The number of nitrogens with one attached hydrogen (secondary N) is 2. The molecule has 0 radical (unpaired) electrons. The molecule has 0 aliphatic carbocycles. The molecular formula is C28H32N4O2S2. The molecule has 2 saturated heterocycles. The number of aromatic amines is 1. The lowest BCUT2D eigenvalue weighted by atomic mass is 9.97. The van der Waals surface area contributed by atoms with Crippen LogP contribution in [0.5, 0.6) is 0 Å². The summed E-state index contributed by atoms with van der Waals surface area (Å²) in [4.78, 5) is 24.9. The van der Waals surface area contributed by atoms with Crippen LogP contribution < -0.4 is 15.8 Å². The molecule has 2 fully saturated rings. The fourth-order valence-electron chi connectivity index (χ4n) is 5.23. The van der Waals surface area contributed by atoms with Gasteiger partial charge in [0.2, 0.25) is 0 Å². The molecule has 0 saturated carbocycles. The van der Waals surface area contributed by atoms with Gasteiger partial charge in [0.05, 0.1) is 6.61 Å². The van der Waals surface area contributed by atoms with Crippen LogP contribution in [-0.2, 0) is 4.74 Å². The lowest BCUT2D eigenvalue weighted by Crippen LogP contribution is -2.41. The molecule has 4 heterocycles. The molecule has 2 N–H and O–H groups in total. The molecule has 188 valence electrons. The van der Waals surface area contributed by atoms with Crippen LogP contribution in [0.15, 0.2) is 79.1 Å². The third kappa shape index (κ3) is 5.05. The fraction of sp³-hybridized carbons (Fsp3) is 0.393. The molecule has 6 nitrogen and oxygen atoms in total. The SMILES string of the molecule is CN1CCC(CNc2ccc3c(c2)Sc2cccc(C4CN(c5ccc[nH]c5=O)CCO4)c2S3)CC1. The van der Waals surface area contributed by atoms with E-state index in [9.17, 15) is 4.79 Å². The van der Waals surface area contributed by atoms with Crippen LogP contribution in [0.4, 0.5) is 11.4 Å². The largest absolute Gasteiger partial charge is 0.385 e. The third-order valence-electron chi connectivity index (χ3n) is 7.37. The minimum absolute atomic E-state index is 0.0488. The smallest absolute Gasteiger partial charge is 0.271 e. The highest BCUT2D eigenvalue weighted by molar-refractivity contribution is 8.05. The Balaban J connectivity index is 1.17. The first-order valence-electron chi connectivity index (χ1n) is 12.7. The van der Waals surface area contributed by atoms with Crippen LogP contribution in [0.2, 0.25) is 0 Å². The predicted molar refractivity (Wildman–Crippen MR) is 148 cm³/mol. The summed E-state index contributed by atoms with van der Waals surface area (Å²) in [7, 11) is 2.21. The maximum Gasteiger partial charge on any atom is 0.271 e. The number of ether oxygens (including phenoxy) is 1. The van der Waals surface area contributed by atoms with Crippen molar-refractivity contribution in [3.63, 3.8) is 0 Å². The van der Waals surface area contributed by atoms with Crippen LogP contribution in [0.25, 0.3) is 0 Å². The van der Waals surface area contributed by atoms with Gasteiger partial charge in [0.1, 0.15) is 11.8 Å². The van der Waals surface area contributed by atoms with E-state index in [-0.39, 0.29) is 11.7 Å². The Kier molecular flexibility index (Phi) is 7.02. The van der Waals surface area contributed by atoms with Crippen molar-refractivity contribution in [2.45, 2.75) is 38.5 Å². The average molecular weight is 521 g/mol. The molecule has 1 aromatic heterocycles. The number of nitrogens with zero attached hydrogens (tertiary/aromatic N) is 2. The second kappa shape index (κ2) is 10.5. The van der Waals surface area contributed by atoms with Gasteiger partial charge >= 0.3 is 0 Å². The van der Waals surface area contributed by atoms with Crippen molar-refractivity contribution in [1.82, 2.24) is 9.88 Å². The van der Waals surface area contributed by atoms with Crippen LogP contribution in [0.1, 0.15) is 24.5 Å². The Bertz CT molecular complexity index is 1290. The summed E-state index contributed by atoms with van der Waals surface area (Å²) in [5.41, 5.74) is 3.08. The summed E-state index contributed by atoms with van der Waals surface area (Å²) >= 11 is 3.68. The van der Waals surface area contributed by atoms with Crippen LogP contribution >= 0.6 is 23.5 Å². The Morgan fingerprint density at radius 2 is 1.92 bits per heavy atom. The highest BCUT2D eigenvalue weighted by Crippen LogP contribution is 2.51. The van der Waals surface area contributed by atoms with E-state index in [1.807, 2.05) is 35.7 Å². The van der Waals surface area contributed by atoms with E-state index in [0.717, 1.165) is 19.0 Å². The number of benzene rings is 2. The number of rotatable bonds is 5. The zero-order chi connectivity index (χ0) is 24.5. The van der Waals surface area contributed by atoms with Crippen molar-refractivity contribution in [2.24, 2.45) is 5.92 Å². The van der Waals surface area contributed by atoms with Crippen molar-refractivity contribution in [3.8, 4) is 0 Å². The van der Waals surface area contributed by atoms with E-state index in [1.165, 1.54) is 56.8 Å². The molecule has 1 unspecified atom stereocenters. The number of H-pyrrole nitrogens is 1. The normalized spacial score (nSPS) is 20.6. The number of aromatic nitrogens is 1. The van der Waals surface area contributed by atoms with Gasteiger partial charge in [-0.1, -0.05) is 35.7 Å². The lowest BCUT2D eigenvalue weighted by molar-refractivity contribution is 0.0378. The van der Waals surface area contributed by atoms with E-state index in [0.29, 0.717) is 18.8 Å². The molecule has 3 aliphatic rings. The van der Waals surface area contributed by atoms with Crippen molar-refractivity contribution >= 4 is 34.9 Å². The first-order chi connectivity index (χ1) is 17.6. The summed E-state index contributed by atoms with van der Waals surface area (Å²) in [5, 5.41) is 3.70. The number of anilines is 2. The quantitative estimate of drug-likeness (QED) is 0.369. The molecule has 3 aliphatic heterocycles. The van der Waals surface area contributed by atoms with E-state index >= 15 is 0 Å². The summed E-state index contributed by atoms with van der Waals surface area (Å²) < 4.78 is 6.24. The number of hydrogen-bond acceptors (Lipinski definition) is 7. The maximum atomic E-state index is 12.4. The highest BCUT2D eigenvalue weighted by Gasteiger charge is 2.29. The molecule has 36 heavy (non-hydrogen) atoms. The molecule has 0 amide bonds. The van der Waals surface area contributed by atoms with Crippen molar-refractivity contribution < 1.29 is 4.74 Å². The zero-order valence-corrected chi connectivity index (χ0v) is 22.2. The van der Waals surface area contributed by atoms with Gasteiger partial charge in [-0.3, -0.25) is 4.79 Å². The monoisotopic (exact) mass is 520 g/mol. The topological polar surface area (TPSA) is 60.6 Å². The minimum Gasteiger partial charge on any atom is -0.385 e. The van der Waals surface area contributed by atoms with Crippen LogP contribution in [0.3, 0.4) is 0 Å². The molecule has 6 rings (SSSR count). The molecule has 0 bridgehead atoms. The fourth-order valence-corrected chi connectivity index (χ4v) is 7.68. The summed E-state index contributed by atoms with van der Waals surface area (Å²) in [6.45, 7) is 5.44. The maximum absolute atomic E-state index is 12.4. The number of piperidine rings is 1. The van der Waals surface area contributed by atoms with Crippen molar-refractivity contribution in [1.29, 1.82) is 0 Å². The molecule has 0 spiro atoms. The second-order valence-corrected chi connectivity index (χ2v) is 12.0. The molecular weight excluding hydrogens is 488 g/mol. The second-order valence-electron chi connectivity index (χ2n) is 9.86. The molecule has 2 aromatic carbocycles. The predicted octanol–water partition coefficient (Wildman–Crippen LogP) is 5.32. The van der Waals surface area contributed by atoms with Crippen molar-refractivity contribution in [3.05, 3.63) is 70.6 Å². The van der Waals surface area contributed by atoms with Gasteiger partial charge in [-0.25, -0.2) is 0 Å². The average Bonchev–Trinajstić information content (AvgIpc) is 2.91. The molecule has 3 aromatic rings. The Labute approximate surface area is 220 Å². The van der Waals surface area contributed by atoms with Gasteiger partial charge in [0.15, 0.2) is 0 Å². The van der Waals surface area contributed by atoms with E-state index < -0.39 is 0 Å². The van der Waals surface area contributed by atoms with Crippen molar-refractivity contribution in [2.75, 3.05) is 56.6 Å². The number of morpholine rings is 1. The number of pyridine rings is 1. The Morgan fingerprint density at radius 1 is 1.03 bits per heavy atom. The third-order valence-corrected chi connectivity index (χ3v) is 9.98. The summed E-state index contributed by atoms with van der Waals surface area (Å²) in [5.74, 6) is 0.754. The first-order valence-corrected chi connectivity index (χ1v) is 14.4. The van der Waals surface area contributed by atoms with E-state index in [2.05, 4.69) is 63.5 Å². The standard InChI is InChI=1S/C28H32N4O2S2/c1-31-12-9-19(10-13-31)17-30-20-7-8-24-26(16-20)35-25-6-2-4-21(27(25)36-24)23-18-32(14-15-34-23)22-5-3-11-29-28(22)33/h2-8,11,16,19,23,30H,9-10,12-15,17-18H2,1H3,(H,29,33). The van der Waals surface area contributed by atoms with Gasteiger partial charge in [-0.2, -0.15) is 0 Å². The van der Waals surface area contributed by atoms with Gasteiger partial charge in [0.25, 0.3) is 5.56 Å². The summed E-state index contributed by atoms with van der Waals surface area (Å²) in [6.07, 6.45) is 4.15. The van der Waals surface area contributed by atoms with Gasteiger partial charge < -0.3 is 24.8 Å². The number of fused-ring (bicyclic) bond motifs is 2. The van der Waals surface area contributed by atoms with Crippen LogP contribution in [-0.4, -0.2) is 56.3 Å². The van der Waals surface area contributed by atoms with Gasteiger partial charge in [0, 0.05) is 51.1 Å². The minimum atomic E-state index is -0.0709. The lowest BCUT2D eigenvalue weighted by Gasteiger charge is -2.35.